The first kappa shape index (κ1) is 67.8. The predicted octanol–water partition coefficient (Wildman–Crippen LogP) is 1.96. The first-order valence-corrected chi connectivity index (χ1v) is 28.8. The molecule has 0 saturated carbocycles. The van der Waals surface area contributed by atoms with Crippen molar-refractivity contribution in [3.8, 4) is 0 Å². The molecule has 0 fully saturated rings. The lowest BCUT2D eigenvalue weighted by molar-refractivity contribution is -0.139. The SMILES string of the molecule is CC[C@@](C)(NC(=O)[C@H](C)NC(=O)C(C)(C)NC(=O)C(C)(C)NC(=O)[C@H](Cc1ccccc1)NC(C)=O)C(=O)NCC(=O)N[C@@H](Cc1c[nH]c2ccccc12)C(=O)N[C@@](C)(CC)C(=O)N[C@H](CNCCCNCCCCN)Cc1ccccc1. The summed E-state index contributed by atoms with van der Waals surface area (Å²) in [6.07, 6.45) is 5.63. The van der Waals surface area contributed by atoms with E-state index in [0.29, 0.717) is 19.5 Å². The van der Waals surface area contributed by atoms with Crippen LogP contribution in [0.15, 0.2) is 91.1 Å². The van der Waals surface area contributed by atoms with Crippen molar-refractivity contribution in [1.29, 1.82) is 0 Å². The number of unbranched alkanes of at least 4 members (excludes halogenated alkanes) is 1. The molecule has 0 aliphatic rings. The Balaban J connectivity index is 1.39. The van der Waals surface area contributed by atoms with Crippen LogP contribution in [-0.2, 0) is 62.4 Å². The topological polar surface area (TPSA) is 328 Å². The summed E-state index contributed by atoms with van der Waals surface area (Å²) in [7, 11) is 0. The molecule has 22 nitrogen and oxygen atoms in total. The number of rotatable bonds is 35. The van der Waals surface area contributed by atoms with E-state index in [1.165, 1.54) is 48.5 Å². The van der Waals surface area contributed by atoms with Crippen LogP contribution in [0.1, 0.15) is 118 Å². The van der Waals surface area contributed by atoms with Crippen molar-refractivity contribution in [2.24, 2.45) is 5.73 Å². The Morgan fingerprint density at radius 1 is 0.542 bits per heavy atom. The van der Waals surface area contributed by atoms with Crippen LogP contribution in [-0.4, -0.2) is 144 Å². The third-order valence-corrected chi connectivity index (χ3v) is 14.7. The fraction of sp³-hybridized carbons (Fsp3) is 0.525. The van der Waals surface area contributed by atoms with Gasteiger partial charge in [0.15, 0.2) is 0 Å². The van der Waals surface area contributed by atoms with E-state index in [-0.39, 0.29) is 31.7 Å². The molecule has 14 N–H and O–H groups in total. The average Bonchev–Trinajstić information content (AvgIpc) is 4.15. The molecule has 9 amide bonds. The van der Waals surface area contributed by atoms with E-state index in [4.69, 9.17) is 5.73 Å². The molecule has 0 saturated heterocycles. The van der Waals surface area contributed by atoms with Gasteiger partial charge in [0.2, 0.25) is 53.2 Å². The molecule has 0 aliphatic heterocycles. The lowest BCUT2D eigenvalue weighted by atomic mass is 9.94. The molecule has 1 heterocycles. The van der Waals surface area contributed by atoms with Gasteiger partial charge in [-0.15, -0.1) is 0 Å². The zero-order valence-corrected chi connectivity index (χ0v) is 50.1. The Hall–Kier alpha value is -7.69. The van der Waals surface area contributed by atoms with Crippen molar-refractivity contribution >= 4 is 64.1 Å². The molecule has 83 heavy (non-hydrogen) atoms. The Kier molecular flexibility index (Phi) is 26.3. The van der Waals surface area contributed by atoms with Crippen LogP contribution in [0.2, 0.25) is 0 Å². The second kappa shape index (κ2) is 32.2. The molecular weight excluding hydrogens is 1060 g/mol. The maximum absolute atomic E-state index is 14.5. The number of nitrogens with two attached hydrogens (primary N) is 1. The molecule has 22 heteroatoms. The van der Waals surface area contributed by atoms with Crippen molar-refractivity contribution in [2.45, 2.75) is 167 Å². The quantitative estimate of drug-likeness (QED) is 0.0294. The van der Waals surface area contributed by atoms with Gasteiger partial charge in [0, 0.05) is 49.5 Å². The van der Waals surface area contributed by atoms with Gasteiger partial charge in [0.1, 0.15) is 40.3 Å². The molecule has 0 unspecified atom stereocenters. The van der Waals surface area contributed by atoms with Gasteiger partial charge >= 0.3 is 0 Å². The zero-order chi connectivity index (χ0) is 61.4. The van der Waals surface area contributed by atoms with E-state index in [1.807, 2.05) is 60.7 Å². The van der Waals surface area contributed by atoms with Gasteiger partial charge in [0.05, 0.1) is 6.54 Å². The fourth-order valence-electron chi connectivity index (χ4n) is 8.93. The number of H-pyrrole nitrogens is 1. The first-order valence-electron chi connectivity index (χ1n) is 28.8. The highest BCUT2D eigenvalue weighted by atomic mass is 16.2. The van der Waals surface area contributed by atoms with Gasteiger partial charge < -0.3 is 69.2 Å². The Morgan fingerprint density at radius 2 is 1.08 bits per heavy atom. The third-order valence-electron chi connectivity index (χ3n) is 14.7. The number of hydrogen-bond acceptors (Lipinski definition) is 12. The van der Waals surface area contributed by atoms with Crippen LogP contribution in [0.25, 0.3) is 10.9 Å². The maximum Gasteiger partial charge on any atom is 0.246 e. The second-order valence-corrected chi connectivity index (χ2v) is 22.7. The van der Waals surface area contributed by atoms with Crippen LogP contribution in [0, 0.1) is 0 Å². The van der Waals surface area contributed by atoms with Crippen LogP contribution >= 0.6 is 0 Å². The molecule has 4 aromatic rings. The van der Waals surface area contributed by atoms with E-state index >= 15 is 0 Å². The van der Waals surface area contributed by atoms with Crippen LogP contribution in [0.4, 0.5) is 0 Å². The summed E-state index contributed by atoms with van der Waals surface area (Å²) in [6, 6.07) is 22.6. The van der Waals surface area contributed by atoms with Crippen molar-refractivity contribution in [2.75, 3.05) is 39.3 Å². The molecule has 6 atom stereocenters. The third kappa shape index (κ3) is 21.5. The van der Waals surface area contributed by atoms with Crippen molar-refractivity contribution in [1.82, 2.24) is 63.5 Å². The van der Waals surface area contributed by atoms with Crippen LogP contribution in [0.3, 0.4) is 0 Å². The Bertz CT molecular complexity index is 2810. The van der Waals surface area contributed by atoms with Gasteiger partial charge in [-0.1, -0.05) is 92.7 Å². The van der Waals surface area contributed by atoms with Crippen molar-refractivity contribution < 1.29 is 43.2 Å². The van der Waals surface area contributed by atoms with E-state index in [0.717, 1.165) is 66.5 Å². The summed E-state index contributed by atoms with van der Waals surface area (Å²) >= 11 is 0. The van der Waals surface area contributed by atoms with Gasteiger partial charge in [-0.2, -0.15) is 0 Å². The number of nitrogens with one attached hydrogen (secondary N) is 12. The lowest BCUT2D eigenvalue weighted by Gasteiger charge is -2.34. The van der Waals surface area contributed by atoms with Crippen LogP contribution in [0.5, 0.6) is 0 Å². The molecule has 0 bridgehead atoms. The van der Waals surface area contributed by atoms with E-state index in [9.17, 15) is 43.2 Å². The number of aromatic amines is 1. The molecular formula is C61H91N13O9. The van der Waals surface area contributed by atoms with Gasteiger partial charge in [-0.05, 0) is 136 Å². The summed E-state index contributed by atoms with van der Waals surface area (Å²) in [5.41, 5.74) is 2.78. The number of carbonyl (C=O) groups is 9. The van der Waals surface area contributed by atoms with E-state index < -0.39 is 100.0 Å². The summed E-state index contributed by atoms with van der Waals surface area (Å²) < 4.78 is 0. The smallest absolute Gasteiger partial charge is 0.246 e. The fourth-order valence-corrected chi connectivity index (χ4v) is 8.93. The monoisotopic (exact) mass is 1150 g/mol. The van der Waals surface area contributed by atoms with Gasteiger partial charge in [-0.3, -0.25) is 43.2 Å². The predicted molar refractivity (Wildman–Crippen MR) is 321 cm³/mol. The van der Waals surface area contributed by atoms with Gasteiger partial charge in [-0.25, -0.2) is 0 Å². The van der Waals surface area contributed by atoms with Crippen molar-refractivity contribution in [3.63, 3.8) is 0 Å². The summed E-state index contributed by atoms with van der Waals surface area (Å²) in [4.78, 5) is 126. The minimum absolute atomic E-state index is 0.0239. The minimum Gasteiger partial charge on any atom is -0.361 e. The van der Waals surface area contributed by atoms with Gasteiger partial charge in [0.25, 0.3) is 0 Å². The molecule has 4 rings (SSSR count). The molecule has 454 valence electrons. The Morgan fingerprint density at radius 3 is 1.71 bits per heavy atom. The molecule has 0 aliphatic carbocycles. The first-order chi connectivity index (χ1) is 39.3. The lowest BCUT2D eigenvalue weighted by Crippen LogP contribution is -2.66. The minimum atomic E-state index is -1.62. The second-order valence-electron chi connectivity index (χ2n) is 22.7. The number of aromatic nitrogens is 1. The van der Waals surface area contributed by atoms with Crippen molar-refractivity contribution in [3.05, 3.63) is 108 Å². The van der Waals surface area contributed by atoms with E-state index in [2.05, 4.69) is 63.5 Å². The number of amides is 9. The standard InChI is InChI=1S/C61H91N13O9/c1-11-60(9,72-51(77)40(3)67-54(80)58(5,6)74-55(81)59(7,8)71-52(78)48(68-41(4)75)35-43-26-17-14-18-27-43)56(82)66-39-50(76)70-49(36-44-37-65-47-29-20-19-28-46(44)47)53(79)73-61(10,12-2)57(83)69-45(34-42-24-15-13-16-25-42)38-64-33-23-32-63-31-22-21-30-62/h13-20,24-29,37,40,45,48-49,63-65H,11-12,21-23,30-36,38-39,62H2,1-10H3,(H,66,82)(H,67,80)(H,68,75)(H,69,83)(H,70,76)(H,71,78)(H,72,77)(H,73,79)(H,74,81)/t40-,45-,48-,49-,60+,61-/m0/s1. The summed E-state index contributed by atoms with van der Waals surface area (Å²) in [5.74, 6) is -5.78. The molecule has 3 aromatic carbocycles. The largest absolute Gasteiger partial charge is 0.361 e. The number of fused-ring (bicyclic) bond motifs is 1. The highest BCUT2D eigenvalue weighted by molar-refractivity contribution is 6.00. The molecule has 0 spiro atoms. The Labute approximate surface area is 488 Å². The molecule has 0 radical (unpaired) electrons. The number of carbonyl (C=O) groups excluding carboxylic acids is 9. The van der Waals surface area contributed by atoms with E-state index in [1.54, 1.807) is 51.2 Å². The average molecular weight is 1150 g/mol. The highest BCUT2D eigenvalue weighted by Gasteiger charge is 2.41. The number of para-hydroxylation sites is 1. The van der Waals surface area contributed by atoms with Crippen LogP contribution < -0.4 is 64.2 Å². The maximum atomic E-state index is 14.5. The zero-order valence-electron chi connectivity index (χ0n) is 50.1. The summed E-state index contributed by atoms with van der Waals surface area (Å²) in [6.45, 7) is 18.0. The number of benzene rings is 3. The normalized spacial score (nSPS) is 14.4. The molecule has 1 aromatic heterocycles. The summed E-state index contributed by atoms with van der Waals surface area (Å²) in [5, 5.41) is 32.4. The highest BCUT2D eigenvalue weighted by Crippen LogP contribution is 2.21. The number of hydrogen-bond donors (Lipinski definition) is 13.